The molecule has 1 unspecified atom stereocenters. The molecule has 0 saturated carbocycles. The van der Waals surface area contributed by atoms with E-state index in [1.165, 1.54) is 4.88 Å². The number of hydrogen-bond acceptors (Lipinski definition) is 3. The highest BCUT2D eigenvalue weighted by Gasteiger charge is 2.18. The molecule has 2 rings (SSSR count). The molecule has 1 aromatic carbocycles. The molecule has 1 aromatic heterocycles. The van der Waals surface area contributed by atoms with Crippen LogP contribution in [-0.4, -0.2) is 18.5 Å². The molecule has 0 aliphatic heterocycles. The minimum absolute atomic E-state index is 0.0780. The summed E-state index contributed by atoms with van der Waals surface area (Å²) in [4.78, 5) is 13.5. The molecular weight excluding hydrogens is 256 g/mol. The largest absolute Gasteiger partial charge is 0.370 e. The van der Waals surface area contributed by atoms with Crippen LogP contribution in [0.2, 0.25) is 0 Å². The second-order valence-corrected chi connectivity index (χ2v) is 5.36. The zero-order chi connectivity index (χ0) is 13.5. The Morgan fingerprint density at radius 3 is 2.63 bits per heavy atom. The van der Waals surface area contributed by atoms with Crippen LogP contribution in [0.3, 0.4) is 0 Å². The predicted octanol–water partition coefficient (Wildman–Crippen LogP) is 3.97. The van der Waals surface area contributed by atoms with Crippen LogP contribution >= 0.6 is 11.3 Å². The van der Waals surface area contributed by atoms with Gasteiger partial charge in [0, 0.05) is 16.9 Å². The summed E-state index contributed by atoms with van der Waals surface area (Å²) in [7, 11) is 0. The van der Waals surface area contributed by atoms with Gasteiger partial charge in [-0.2, -0.15) is 0 Å². The molecule has 0 bridgehead atoms. The van der Waals surface area contributed by atoms with Crippen LogP contribution in [0.4, 0.5) is 0 Å². The summed E-state index contributed by atoms with van der Waals surface area (Å²) in [6, 6.07) is 13.5. The first kappa shape index (κ1) is 14.0. The lowest BCUT2D eigenvalue weighted by atomic mass is 10.0. The number of rotatable bonds is 7. The van der Waals surface area contributed by atoms with Crippen LogP contribution < -0.4 is 0 Å². The van der Waals surface area contributed by atoms with Crippen molar-refractivity contribution in [3.8, 4) is 0 Å². The molecule has 1 atom stereocenters. The molecule has 19 heavy (non-hydrogen) atoms. The van der Waals surface area contributed by atoms with Crippen LogP contribution in [0.5, 0.6) is 0 Å². The van der Waals surface area contributed by atoms with Crippen molar-refractivity contribution in [1.29, 1.82) is 0 Å². The minimum Gasteiger partial charge on any atom is -0.370 e. The third-order valence-electron chi connectivity index (χ3n) is 2.97. The maximum Gasteiger partial charge on any atom is 0.191 e. The molecule has 0 aliphatic rings. The third-order valence-corrected chi connectivity index (χ3v) is 3.91. The molecule has 100 valence electrons. The monoisotopic (exact) mass is 274 g/mol. The number of carbonyl (C=O) groups excluding carboxylic acids is 1. The quantitative estimate of drug-likeness (QED) is 0.714. The van der Waals surface area contributed by atoms with Gasteiger partial charge in [-0.05, 0) is 17.9 Å². The Morgan fingerprint density at radius 2 is 2.00 bits per heavy atom. The summed E-state index contributed by atoms with van der Waals surface area (Å²) in [6.07, 6.45) is 1.25. The molecule has 0 aliphatic carbocycles. The Balaban J connectivity index is 1.87. The van der Waals surface area contributed by atoms with E-state index in [1.807, 2.05) is 43.3 Å². The van der Waals surface area contributed by atoms with Crippen LogP contribution in [0.1, 0.15) is 28.6 Å². The third kappa shape index (κ3) is 4.01. The van der Waals surface area contributed by atoms with E-state index in [9.17, 15) is 4.79 Å². The molecule has 2 nitrogen and oxygen atoms in total. The maximum atomic E-state index is 12.2. The lowest BCUT2D eigenvalue weighted by Gasteiger charge is -2.14. The van der Waals surface area contributed by atoms with Gasteiger partial charge in [-0.15, -0.1) is 11.3 Å². The lowest BCUT2D eigenvalue weighted by Crippen LogP contribution is -2.24. The standard InChI is InChI=1S/C16H18O2S/c1-2-15(16(17)13-7-4-3-5-8-13)18-11-10-14-9-6-12-19-14/h3-9,12,15H,2,10-11H2,1H3. The highest BCUT2D eigenvalue weighted by atomic mass is 32.1. The van der Waals surface area contributed by atoms with Crippen molar-refractivity contribution >= 4 is 17.1 Å². The van der Waals surface area contributed by atoms with Gasteiger partial charge in [0.2, 0.25) is 0 Å². The number of ether oxygens (including phenoxy) is 1. The lowest BCUT2D eigenvalue weighted by molar-refractivity contribution is 0.0409. The Morgan fingerprint density at radius 1 is 1.21 bits per heavy atom. The summed E-state index contributed by atoms with van der Waals surface area (Å²) in [6.45, 7) is 2.58. The van der Waals surface area contributed by atoms with Crippen molar-refractivity contribution in [2.45, 2.75) is 25.9 Å². The Kier molecular flexibility index (Phi) is 5.31. The highest BCUT2D eigenvalue weighted by Crippen LogP contribution is 2.12. The maximum absolute atomic E-state index is 12.2. The second kappa shape index (κ2) is 7.22. The van der Waals surface area contributed by atoms with Gasteiger partial charge in [0.25, 0.3) is 0 Å². The molecule has 0 fully saturated rings. The first-order chi connectivity index (χ1) is 9.31. The number of hydrogen-bond donors (Lipinski definition) is 0. The zero-order valence-corrected chi connectivity index (χ0v) is 11.9. The van der Waals surface area contributed by atoms with Crippen molar-refractivity contribution in [1.82, 2.24) is 0 Å². The van der Waals surface area contributed by atoms with E-state index in [0.29, 0.717) is 13.0 Å². The van der Waals surface area contributed by atoms with Crippen molar-refractivity contribution in [2.24, 2.45) is 0 Å². The fourth-order valence-corrected chi connectivity index (χ4v) is 2.61. The van der Waals surface area contributed by atoms with Crippen LogP contribution in [0.15, 0.2) is 47.8 Å². The molecule has 1 heterocycles. The Hall–Kier alpha value is -1.45. The van der Waals surface area contributed by atoms with Gasteiger partial charge in [0.15, 0.2) is 5.78 Å². The molecule has 0 amide bonds. The second-order valence-electron chi connectivity index (χ2n) is 4.33. The van der Waals surface area contributed by atoms with E-state index in [-0.39, 0.29) is 11.9 Å². The molecule has 0 spiro atoms. The average molecular weight is 274 g/mol. The normalized spacial score (nSPS) is 12.3. The number of thiophene rings is 1. The predicted molar refractivity (Wildman–Crippen MR) is 78.8 cm³/mol. The topological polar surface area (TPSA) is 26.3 Å². The molecule has 0 radical (unpaired) electrons. The van der Waals surface area contributed by atoms with Gasteiger partial charge in [0.05, 0.1) is 6.61 Å². The molecule has 2 aromatic rings. The minimum atomic E-state index is -0.331. The van der Waals surface area contributed by atoms with Gasteiger partial charge >= 0.3 is 0 Å². The van der Waals surface area contributed by atoms with Crippen LogP contribution in [0, 0.1) is 0 Å². The Bertz CT molecular complexity index is 491. The van der Waals surface area contributed by atoms with E-state index in [4.69, 9.17) is 4.74 Å². The summed E-state index contributed by atoms with van der Waals surface area (Å²) in [5.74, 6) is 0.0780. The first-order valence-corrected chi connectivity index (χ1v) is 7.42. The van der Waals surface area contributed by atoms with Gasteiger partial charge in [-0.1, -0.05) is 43.3 Å². The van der Waals surface area contributed by atoms with E-state index in [0.717, 1.165) is 12.0 Å². The van der Waals surface area contributed by atoms with Crippen LogP contribution in [0.25, 0.3) is 0 Å². The van der Waals surface area contributed by atoms with Gasteiger partial charge in [-0.25, -0.2) is 0 Å². The number of ketones is 1. The number of benzene rings is 1. The average Bonchev–Trinajstić information content (AvgIpc) is 2.97. The van der Waals surface area contributed by atoms with Crippen molar-refractivity contribution < 1.29 is 9.53 Å². The summed E-state index contributed by atoms with van der Waals surface area (Å²) >= 11 is 1.72. The number of Topliss-reactive ketones (excluding diaryl/α,β-unsaturated/α-hetero) is 1. The van der Waals surface area contributed by atoms with Crippen LogP contribution in [-0.2, 0) is 11.2 Å². The van der Waals surface area contributed by atoms with Crippen molar-refractivity contribution in [3.05, 3.63) is 58.3 Å². The SMILES string of the molecule is CCC(OCCc1cccs1)C(=O)c1ccccc1. The molecular formula is C16H18O2S. The van der Waals surface area contributed by atoms with Crippen molar-refractivity contribution in [3.63, 3.8) is 0 Å². The van der Waals surface area contributed by atoms with E-state index >= 15 is 0 Å². The molecule has 0 saturated heterocycles. The fraction of sp³-hybridized carbons (Fsp3) is 0.312. The fourth-order valence-electron chi connectivity index (χ4n) is 1.92. The summed E-state index contributed by atoms with van der Waals surface area (Å²) in [5.41, 5.74) is 0.727. The summed E-state index contributed by atoms with van der Waals surface area (Å²) in [5, 5.41) is 2.06. The number of carbonyl (C=O) groups is 1. The van der Waals surface area contributed by atoms with Gasteiger partial charge < -0.3 is 4.74 Å². The van der Waals surface area contributed by atoms with E-state index < -0.39 is 0 Å². The zero-order valence-electron chi connectivity index (χ0n) is 11.0. The summed E-state index contributed by atoms with van der Waals surface area (Å²) < 4.78 is 5.74. The van der Waals surface area contributed by atoms with E-state index in [1.54, 1.807) is 11.3 Å². The molecule has 0 N–H and O–H groups in total. The van der Waals surface area contributed by atoms with E-state index in [2.05, 4.69) is 11.4 Å². The smallest absolute Gasteiger partial charge is 0.191 e. The van der Waals surface area contributed by atoms with Gasteiger partial charge in [-0.3, -0.25) is 4.79 Å². The highest BCUT2D eigenvalue weighted by molar-refractivity contribution is 7.09. The molecule has 3 heteroatoms. The van der Waals surface area contributed by atoms with Crippen molar-refractivity contribution in [2.75, 3.05) is 6.61 Å². The Labute approximate surface area is 118 Å². The van der Waals surface area contributed by atoms with Gasteiger partial charge in [0.1, 0.15) is 6.10 Å². The first-order valence-electron chi connectivity index (χ1n) is 6.54.